The fourth-order valence-corrected chi connectivity index (χ4v) is 5.07. The average Bonchev–Trinajstić information content (AvgIpc) is 3.37. The second-order valence-electron chi connectivity index (χ2n) is 8.95. The molecule has 0 aliphatic carbocycles. The van der Waals surface area contributed by atoms with Crippen LogP contribution in [0.4, 0.5) is 32.0 Å². The van der Waals surface area contributed by atoms with Crippen molar-refractivity contribution < 1.29 is 40.7 Å². The van der Waals surface area contributed by atoms with Gasteiger partial charge < -0.3 is 15.4 Å². The van der Waals surface area contributed by atoms with Crippen molar-refractivity contribution in [1.29, 1.82) is 0 Å². The summed E-state index contributed by atoms with van der Waals surface area (Å²) in [5.74, 6) is -1.67. The number of nitrogens with zero attached hydrogens (tertiary/aromatic N) is 3. The van der Waals surface area contributed by atoms with Crippen LogP contribution in [0, 0.1) is 0 Å². The zero-order chi connectivity index (χ0) is 32.9. The number of amides is 2. The lowest BCUT2D eigenvalue weighted by molar-refractivity contribution is -0.138. The van der Waals surface area contributed by atoms with Crippen molar-refractivity contribution in [1.82, 2.24) is 20.1 Å². The van der Waals surface area contributed by atoms with E-state index >= 15 is 0 Å². The first kappa shape index (κ1) is 34.2. The summed E-state index contributed by atoms with van der Waals surface area (Å²) in [6.45, 7) is -0.786. The van der Waals surface area contributed by atoms with Gasteiger partial charge in [-0.3, -0.25) is 14.2 Å². The largest absolute Gasteiger partial charge is 0.482 e. The van der Waals surface area contributed by atoms with Gasteiger partial charge in [-0.2, -0.15) is 26.3 Å². The molecule has 8 nitrogen and oxygen atoms in total. The van der Waals surface area contributed by atoms with Crippen LogP contribution >= 0.6 is 46.6 Å². The molecule has 0 aliphatic heterocycles. The van der Waals surface area contributed by atoms with Crippen LogP contribution in [0.1, 0.15) is 17.0 Å². The SMILES string of the molecule is O=C(COc1ccc(Cl)cc1Cl)NCc1nnc(SCC(=O)Nc2cc(C(F)(F)F)ccc2Cl)n1-c1cccc(C(F)(F)F)c1. The summed E-state index contributed by atoms with van der Waals surface area (Å²) in [5, 5.41) is 13.0. The third-order valence-corrected chi connectivity index (χ3v) is 7.52. The van der Waals surface area contributed by atoms with Gasteiger partial charge in [0.1, 0.15) is 5.75 Å². The lowest BCUT2D eigenvalue weighted by atomic mass is 10.2. The summed E-state index contributed by atoms with van der Waals surface area (Å²) in [6, 6.07) is 11.0. The molecule has 0 fully saturated rings. The van der Waals surface area contributed by atoms with Crippen LogP contribution in [-0.4, -0.2) is 38.9 Å². The fourth-order valence-electron chi connectivity index (χ4n) is 3.67. The zero-order valence-corrected chi connectivity index (χ0v) is 25.4. The number of aromatic nitrogens is 3. The van der Waals surface area contributed by atoms with Crippen LogP contribution in [0.2, 0.25) is 15.1 Å². The number of benzene rings is 3. The Bertz CT molecular complexity index is 1720. The molecule has 4 aromatic rings. The van der Waals surface area contributed by atoms with Crippen molar-refractivity contribution in [2.45, 2.75) is 24.1 Å². The molecular weight excluding hydrogens is 695 g/mol. The van der Waals surface area contributed by atoms with E-state index in [1.165, 1.54) is 28.8 Å². The molecule has 45 heavy (non-hydrogen) atoms. The monoisotopic (exact) mass is 711 g/mol. The number of hydrogen-bond acceptors (Lipinski definition) is 6. The number of alkyl halides is 6. The number of hydrogen-bond donors (Lipinski definition) is 2. The first-order chi connectivity index (χ1) is 21.1. The first-order valence-electron chi connectivity index (χ1n) is 12.4. The maximum Gasteiger partial charge on any atom is 0.416 e. The minimum Gasteiger partial charge on any atom is -0.482 e. The van der Waals surface area contributed by atoms with Crippen LogP contribution in [0.25, 0.3) is 5.69 Å². The van der Waals surface area contributed by atoms with Crippen molar-refractivity contribution >= 4 is 64.1 Å². The molecule has 4 rings (SSSR count). The summed E-state index contributed by atoms with van der Waals surface area (Å²) in [6.07, 6.45) is -9.36. The van der Waals surface area contributed by atoms with E-state index in [0.717, 1.165) is 42.1 Å². The molecular formula is C27H18Cl3F6N5O3S. The molecule has 18 heteroatoms. The summed E-state index contributed by atoms with van der Waals surface area (Å²) in [7, 11) is 0. The molecule has 0 spiro atoms. The molecule has 0 bridgehead atoms. The number of halogens is 9. The molecule has 0 aliphatic rings. The summed E-state index contributed by atoms with van der Waals surface area (Å²) in [4.78, 5) is 25.1. The summed E-state index contributed by atoms with van der Waals surface area (Å²) >= 11 is 18.5. The van der Waals surface area contributed by atoms with Crippen molar-refractivity contribution in [3.8, 4) is 11.4 Å². The predicted molar refractivity (Wildman–Crippen MR) is 156 cm³/mol. The Morgan fingerprint density at radius 3 is 2.24 bits per heavy atom. The van der Waals surface area contributed by atoms with Gasteiger partial charge in [0.2, 0.25) is 5.91 Å². The van der Waals surface area contributed by atoms with Crippen molar-refractivity contribution in [3.63, 3.8) is 0 Å². The Morgan fingerprint density at radius 1 is 0.844 bits per heavy atom. The number of carbonyl (C=O) groups is 2. The van der Waals surface area contributed by atoms with E-state index in [0.29, 0.717) is 11.1 Å². The van der Waals surface area contributed by atoms with Gasteiger partial charge in [0.25, 0.3) is 5.91 Å². The Labute approximate surface area is 270 Å². The van der Waals surface area contributed by atoms with Crippen LogP contribution in [0.15, 0.2) is 65.8 Å². The molecule has 2 N–H and O–H groups in total. The van der Waals surface area contributed by atoms with Gasteiger partial charge in [-0.05, 0) is 54.6 Å². The standard InChI is InChI=1S/C27H18Cl3F6N5O3S/c28-16-5-7-21(19(30)10-16)44-12-23(42)37-11-22-39-40-25(41(22)17-3-1-2-14(8-17)26(31,32)33)45-13-24(43)38-20-9-15(27(34,35)36)4-6-18(20)29/h1-10H,11-13H2,(H,37,42)(H,38,43). The average molecular weight is 713 g/mol. The van der Waals surface area contributed by atoms with Gasteiger partial charge in [-0.25, -0.2) is 0 Å². The smallest absolute Gasteiger partial charge is 0.416 e. The highest BCUT2D eigenvalue weighted by atomic mass is 35.5. The maximum atomic E-state index is 13.5. The van der Waals surface area contributed by atoms with Gasteiger partial charge in [-0.15, -0.1) is 10.2 Å². The highest BCUT2D eigenvalue weighted by Crippen LogP contribution is 2.35. The Kier molecular flexibility index (Phi) is 10.8. The third kappa shape index (κ3) is 9.19. The van der Waals surface area contributed by atoms with Crippen LogP contribution < -0.4 is 15.4 Å². The van der Waals surface area contributed by atoms with Crippen molar-refractivity contribution in [2.24, 2.45) is 0 Å². The summed E-state index contributed by atoms with van der Waals surface area (Å²) in [5.41, 5.74) is -2.34. The van der Waals surface area contributed by atoms with Gasteiger partial charge in [0, 0.05) is 5.02 Å². The Morgan fingerprint density at radius 2 is 1.56 bits per heavy atom. The van der Waals surface area contributed by atoms with E-state index in [-0.39, 0.29) is 44.7 Å². The van der Waals surface area contributed by atoms with Gasteiger partial charge >= 0.3 is 12.4 Å². The van der Waals surface area contributed by atoms with Crippen LogP contribution in [0.3, 0.4) is 0 Å². The second-order valence-corrected chi connectivity index (χ2v) is 11.1. The molecule has 3 aromatic carbocycles. The van der Waals surface area contributed by atoms with E-state index < -0.39 is 47.7 Å². The van der Waals surface area contributed by atoms with E-state index in [1.54, 1.807) is 0 Å². The molecule has 0 atom stereocenters. The van der Waals surface area contributed by atoms with Crippen molar-refractivity contribution in [3.05, 3.63) is 92.7 Å². The summed E-state index contributed by atoms with van der Waals surface area (Å²) < 4.78 is 86.2. The normalized spacial score (nSPS) is 11.8. The molecule has 2 amide bonds. The van der Waals surface area contributed by atoms with Crippen molar-refractivity contribution in [2.75, 3.05) is 17.7 Å². The highest BCUT2D eigenvalue weighted by molar-refractivity contribution is 7.99. The molecule has 1 aromatic heterocycles. The number of carbonyl (C=O) groups excluding carboxylic acids is 2. The predicted octanol–water partition coefficient (Wildman–Crippen LogP) is 7.69. The molecule has 0 radical (unpaired) electrons. The molecule has 238 valence electrons. The number of thioether (sulfide) groups is 1. The number of rotatable bonds is 10. The fraction of sp³-hybridized carbons (Fsp3) is 0.185. The second kappa shape index (κ2) is 14.2. The van der Waals surface area contributed by atoms with E-state index in [9.17, 15) is 35.9 Å². The minimum absolute atomic E-state index is 0.00368. The van der Waals surface area contributed by atoms with Crippen LogP contribution in [0.5, 0.6) is 5.75 Å². The lowest BCUT2D eigenvalue weighted by Crippen LogP contribution is -2.29. The first-order valence-corrected chi connectivity index (χ1v) is 14.5. The van der Waals surface area contributed by atoms with Gasteiger partial charge in [-0.1, -0.05) is 52.6 Å². The Hall–Kier alpha value is -3.66. The van der Waals surface area contributed by atoms with E-state index in [2.05, 4.69) is 20.8 Å². The molecule has 0 saturated heterocycles. The maximum absolute atomic E-state index is 13.5. The highest BCUT2D eigenvalue weighted by Gasteiger charge is 2.32. The number of ether oxygens (including phenoxy) is 1. The molecule has 0 saturated carbocycles. The number of anilines is 1. The molecule has 0 unspecified atom stereocenters. The minimum atomic E-state index is -4.68. The van der Waals surface area contributed by atoms with E-state index in [4.69, 9.17) is 39.5 Å². The topological polar surface area (TPSA) is 98.1 Å². The Balaban J connectivity index is 1.51. The van der Waals surface area contributed by atoms with Gasteiger partial charge in [0.15, 0.2) is 17.6 Å². The third-order valence-electron chi connectivity index (χ3n) is 5.73. The van der Waals surface area contributed by atoms with Gasteiger partial charge in [0.05, 0.1) is 44.8 Å². The lowest BCUT2D eigenvalue weighted by Gasteiger charge is -2.14. The molecule has 1 heterocycles. The zero-order valence-electron chi connectivity index (χ0n) is 22.3. The van der Waals surface area contributed by atoms with E-state index in [1.807, 2.05) is 0 Å². The number of nitrogens with one attached hydrogen (secondary N) is 2. The quantitative estimate of drug-likeness (QED) is 0.129. The van der Waals surface area contributed by atoms with Crippen LogP contribution in [-0.2, 0) is 28.5 Å².